The molecule has 4 atom stereocenters. The van der Waals surface area contributed by atoms with Crippen LogP contribution < -0.4 is 0 Å². The molecule has 0 fully saturated rings. The molecule has 4 N–H and O–H groups in total. The molecule has 156 valence electrons. The molecule has 3 rings (SSSR count). The average molecular weight is 404 g/mol. The first kappa shape index (κ1) is 20.9. The minimum atomic E-state index is -1.98. The molecule has 1 aliphatic carbocycles. The lowest BCUT2D eigenvalue weighted by molar-refractivity contribution is -0.151. The first-order valence-electron chi connectivity index (χ1n) is 9.24. The fourth-order valence-corrected chi connectivity index (χ4v) is 3.66. The molecule has 1 aliphatic heterocycles. The average Bonchev–Trinajstić information content (AvgIpc) is 2.57. The van der Waals surface area contributed by atoms with Gasteiger partial charge < -0.3 is 29.9 Å². The maximum Gasteiger partial charge on any atom is 0.342 e. The molecule has 8 nitrogen and oxygen atoms in total. The van der Waals surface area contributed by atoms with E-state index in [0.717, 1.165) is 6.07 Å². The van der Waals surface area contributed by atoms with Crippen molar-refractivity contribution in [3.05, 3.63) is 46.7 Å². The van der Waals surface area contributed by atoms with Gasteiger partial charge in [-0.3, -0.25) is 4.79 Å². The molecule has 8 heteroatoms. The van der Waals surface area contributed by atoms with E-state index < -0.39 is 41.2 Å². The Kier molecular flexibility index (Phi) is 5.42. The van der Waals surface area contributed by atoms with Crippen LogP contribution in [0, 0.1) is 12.8 Å². The summed E-state index contributed by atoms with van der Waals surface area (Å²) in [6, 6.07) is 2.30. The molecule has 1 aromatic rings. The summed E-state index contributed by atoms with van der Waals surface area (Å²) >= 11 is 0. The van der Waals surface area contributed by atoms with Crippen LogP contribution in [0.5, 0.6) is 11.5 Å². The third kappa shape index (κ3) is 3.99. The molecule has 1 heterocycles. The van der Waals surface area contributed by atoms with E-state index in [9.17, 15) is 30.0 Å². The van der Waals surface area contributed by atoms with Gasteiger partial charge in [-0.25, -0.2) is 4.79 Å². The lowest BCUT2D eigenvalue weighted by Gasteiger charge is -2.41. The van der Waals surface area contributed by atoms with E-state index in [0.29, 0.717) is 11.3 Å². The molecule has 0 bridgehead atoms. The van der Waals surface area contributed by atoms with E-state index in [1.165, 1.54) is 26.0 Å². The second-order valence-electron chi connectivity index (χ2n) is 7.72. The normalized spacial score (nSPS) is 27.3. The summed E-state index contributed by atoms with van der Waals surface area (Å²) in [6.07, 6.45) is 1.29. The Bertz CT molecular complexity index is 886. The van der Waals surface area contributed by atoms with E-state index in [4.69, 9.17) is 9.47 Å². The summed E-state index contributed by atoms with van der Waals surface area (Å²) in [5.74, 6) is -2.35. The Morgan fingerprint density at radius 2 is 2.03 bits per heavy atom. The molecular formula is C21H24O8. The van der Waals surface area contributed by atoms with Gasteiger partial charge in [0.15, 0.2) is 11.4 Å². The van der Waals surface area contributed by atoms with Crippen molar-refractivity contribution < 1.29 is 39.5 Å². The minimum Gasteiger partial charge on any atom is -0.508 e. The van der Waals surface area contributed by atoms with E-state index in [-0.39, 0.29) is 29.9 Å². The van der Waals surface area contributed by atoms with Crippen molar-refractivity contribution in [2.45, 2.75) is 45.0 Å². The zero-order chi connectivity index (χ0) is 21.5. The summed E-state index contributed by atoms with van der Waals surface area (Å²) in [6.45, 7) is 4.43. The van der Waals surface area contributed by atoms with Gasteiger partial charge in [0.25, 0.3) is 0 Å². The zero-order valence-corrected chi connectivity index (χ0v) is 16.4. The number of fused-ring (bicyclic) bond motifs is 1. The van der Waals surface area contributed by atoms with Crippen LogP contribution in [-0.2, 0) is 14.3 Å². The van der Waals surface area contributed by atoms with E-state index >= 15 is 0 Å². The highest BCUT2D eigenvalue weighted by atomic mass is 16.6. The standard InChI is InChI=1S/C21H24O8/c1-10-4-13(23)8-16(24)18(10)20(26)29-19-15-9-28-14(5-11(2)22)6-12(15)7-17(25)21(19,3)27/h4,6-8,11,15,19,22-24,27H,5,9H2,1-3H3/t11-,15+,19-,21+/m0/s1. The molecule has 0 spiro atoms. The number of rotatable bonds is 4. The third-order valence-electron chi connectivity index (χ3n) is 5.15. The largest absolute Gasteiger partial charge is 0.508 e. The second-order valence-corrected chi connectivity index (χ2v) is 7.72. The number of aliphatic hydroxyl groups is 2. The lowest BCUT2D eigenvalue weighted by Crippen LogP contribution is -2.56. The van der Waals surface area contributed by atoms with Crippen molar-refractivity contribution in [3.8, 4) is 11.5 Å². The summed E-state index contributed by atoms with van der Waals surface area (Å²) in [5, 5.41) is 39.9. The maximum atomic E-state index is 12.7. The van der Waals surface area contributed by atoms with Crippen LogP contribution in [0.25, 0.3) is 0 Å². The minimum absolute atomic E-state index is 0.0479. The van der Waals surface area contributed by atoms with E-state index in [1.54, 1.807) is 13.0 Å². The van der Waals surface area contributed by atoms with Crippen LogP contribution in [0.4, 0.5) is 0 Å². The molecule has 0 radical (unpaired) electrons. The number of ketones is 1. The predicted octanol–water partition coefficient (Wildman–Crippen LogP) is 1.49. The van der Waals surface area contributed by atoms with Gasteiger partial charge in [0.2, 0.25) is 0 Å². The number of carbonyl (C=O) groups excluding carboxylic acids is 2. The molecule has 0 saturated heterocycles. The Morgan fingerprint density at radius 1 is 1.34 bits per heavy atom. The number of aliphatic hydroxyl groups excluding tert-OH is 1. The molecule has 0 aromatic heterocycles. The van der Waals surface area contributed by atoms with Gasteiger partial charge in [0.05, 0.1) is 24.4 Å². The van der Waals surface area contributed by atoms with Gasteiger partial charge in [-0.15, -0.1) is 0 Å². The van der Waals surface area contributed by atoms with E-state index in [2.05, 4.69) is 0 Å². The van der Waals surface area contributed by atoms with Crippen molar-refractivity contribution in [1.29, 1.82) is 0 Å². The molecule has 0 unspecified atom stereocenters. The van der Waals surface area contributed by atoms with Gasteiger partial charge in [0.1, 0.15) is 23.2 Å². The van der Waals surface area contributed by atoms with Gasteiger partial charge >= 0.3 is 5.97 Å². The Morgan fingerprint density at radius 3 is 2.66 bits per heavy atom. The van der Waals surface area contributed by atoms with Gasteiger partial charge in [-0.2, -0.15) is 0 Å². The van der Waals surface area contributed by atoms with Crippen LogP contribution >= 0.6 is 0 Å². The number of aromatic hydroxyl groups is 2. The maximum absolute atomic E-state index is 12.7. The highest BCUT2D eigenvalue weighted by Crippen LogP contribution is 2.39. The number of benzene rings is 1. The highest BCUT2D eigenvalue weighted by Gasteiger charge is 2.51. The Labute approximate surface area is 167 Å². The van der Waals surface area contributed by atoms with Crippen LogP contribution in [0.1, 0.15) is 36.2 Å². The smallest absolute Gasteiger partial charge is 0.342 e. The molecule has 0 saturated carbocycles. The third-order valence-corrected chi connectivity index (χ3v) is 5.15. The van der Waals surface area contributed by atoms with Gasteiger partial charge in [-0.05, 0) is 50.1 Å². The number of phenolic OH excluding ortho intramolecular Hbond substituents is 2. The molecule has 1 aromatic carbocycles. The molecule has 2 aliphatic rings. The molecular weight excluding hydrogens is 380 g/mol. The van der Waals surface area contributed by atoms with E-state index in [1.807, 2.05) is 0 Å². The number of allylic oxidation sites excluding steroid dienone is 1. The Balaban J connectivity index is 1.93. The SMILES string of the molecule is Cc1cc(O)cc(O)c1C(=O)O[C@H]1[C@@H]2COC(C[C@H](C)O)=CC2=CC(=O)[C@@]1(C)O. The summed E-state index contributed by atoms with van der Waals surface area (Å²) in [5.41, 5.74) is -1.33. The van der Waals surface area contributed by atoms with Crippen LogP contribution in [-0.4, -0.2) is 56.6 Å². The monoisotopic (exact) mass is 404 g/mol. The lowest BCUT2D eigenvalue weighted by atomic mass is 9.74. The summed E-state index contributed by atoms with van der Waals surface area (Å²) in [4.78, 5) is 25.2. The summed E-state index contributed by atoms with van der Waals surface area (Å²) < 4.78 is 11.1. The van der Waals surface area contributed by atoms with Crippen molar-refractivity contribution in [2.24, 2.45) is 5.92 Å². The number of esters is 1. The van der Waals surface area contributed by atoms with Crippen LogP contribution in [0.2, 0.25) is 0 Å². The highest BCUT2D eigenvalue weighted by molar-refractivity contribution is 6.00. The van der Waals surface area contributed by atoms with Crippen molar-refractivity contribution in [1.82, 2.24) is 0 Å². The number of hydrogen-bond acceptors (Lipinski definition) is 8. The number of ether oxygens (including phenoxy) is 2. The first-order chi connectivity index (χ1) is 13.5. The Hall–Kier alpha value is -2.84. The molecule has 29 heavy (non-hydrogen) atoms. The quantitative estimate of drug-likeness (QED) is 0.555. The number of phenols is 2. The van der Waals surface area contributed by atoms with Crippen LogP contribution in [0.15, 0.2) is 35.6 Å². The fourth-order valence-electron chi connectivity index (χ4n) is 3.66. The second kappa shape index (κ2) is 7.53. The zero-order valence-electron chi connectivity index (χ0n) is 16.4. The van der Waals surface area contributed by atoms with Crippen molar-refractivity contribution >= 4 is 11.8 Å². The van der Waals surface area contributed by atoms with Gasteiger partial charge in [-0.1, -0.05) is 0 Å². The predicted molar refractivity (Wildman–Crippen MR) is 101 cm³/mol. The van der Waals surface area contributed by atoms with Crippen molar-refractivity contribution in [2.75, 3.05) is 6.61 Å². The number of hydrogen-bond donors (Lipinski definition) is 4. The fraction of sp³-hybridized carbons (Fsp3) is 0.429. The first-order valence-corrected chi connectivity index (χ1v) is 9.24. The number of carbonyl (C=O) groups is 2. The topological polar surface area (TPSA) is 134 Å². The molecule has 0 amide bonds. The summed E-state index contributed by atoms with van der Waals surface area (Å²) in [7, 11) is 0. The number of aryl methyl sites for hydroxylation is 1. The van der Waals surface area contributed by atoms with Gasteiger partial charge in [0, 0.05) is 12.5 Å². The van der Waals surface area contributed by atoms with Crippen molar-refractivity contribution in [3.63, 3.8) is 0 Å². The van der Waals surface area contributed by atoms with Crippen LogP contribution in [0.3, 0.4) is 0 Å².